The van der Waals surface area contributed by atoms with Crippen LogP contribution in [-0.2, 0) is 6.18 Å². The van der Waals surface area contributed by atoms with E-state index in [1.165, 1.54) is 12.1 Å². The monoisotopic (exact) mass is 517 g/mol. The molecule has 1 aliphatic rings. The summed E-state index contributed by atoms with van der Waals surface area (Å²) in [5.41, 5.74) is 1.42. The number of hydrogen-bond donors (Lipinski definition) is 0. The number of likely N-dealkylation sites (tertiary alicyclic amines) is 1. The largest absolute Gasteiger partial charge is 0.492 e. The second kappa shape index (κ2) is 12.1. The van der Waals surface area contributed by atoms with Crippen molar-refractivity contribution in [1.29, 1.82) is 0 Å². The van der Waals surface area contributed by atoms with Gasteiger partial charge in [0.05, 0.1) is 17.3 Å². The molecule has 1 aromatic heterocycles. The molecule has 2 aromatic carbocycles. The number of para-hydroxylation sites is 1. The molecular weight excluding hydrogens is 487 g/mol. The summed E-state index contributed by atoms with van der Waals surface area (Å²) in [4.78, 5) is 9.23. The second-order valence-corrected chi connectivity index (χ2v) is 9.71. The Morgan fingerprint density at radius 2 is 1.72 bits per heavy atom. The smallest absolute Gasteiger partial charge is 0.419 e. The summed E-state index contributed by atoms with van der Waals surface area (Å²) in [5, 5.41) is 0.708. The van der Waals surface area contributed by atoms with Gasteiger partial charge >= 0.3 is 6.18 Å². The van der Waals surface area contributed by atoms with Gasteiger partial charge in [0.1, 0.15) is 12.4 Å². The zero-order valence-electron chi connectivity index (χ0n) is 20.3. The van der Waals surface area contributed by atoms with Crippen LogP contribution in [0.5, 0.6) is 5.75 Å². The molecule has 0 unspecified atom stereocenters. The Balaban J connectivity index is 1.29. The summed E-state index contributed by atoms with van der Waals surface area (Å²) in [6.07, 6.45) is -0.544. The van der Waals surface area contributed by atoms with E-state index < -0.39 is 11.7 Å². The maximum Gasteiger partial charge on any atom is 0.419 e. The van der Waals surface area contributed by atoms with Crippen molar-refractivity contribution in [3.8, 4) is 5.75 Å². The first-order valence-corrected chi connectivity index (χ1v) is 12.6. The molecule has 0 bridgehead atoms. The van der Waals surface area contributed by atoms with Crippen LogP contribution in [0.1, 0.15) is 35.7 Å². The van der Waals surface area contributed by atoms with Crippen molar-refractivity contribution in [2.24, 2.45) is 5.92 Å². The SMILES string of the molecule is CN(CC1CCN(CCOc2ccccc2C(F)(F)F)CC1)[C@@H](c1ccc(Cl)cc1)c1ccccn1. The van der Waals surface area contributed by atoms with Gasteiger partial charge in [-0.2, -0.15) is 13.2 Å². The minimum absolute atomic E-state index is 0.0311. The first kappa shape index (κ1) is 26.5. The van der Waals surface area contributed by atoms with E-state index in [0.29, 0.717) is 17.5 Å². The summed E-state index contributed by atoms with van der Waals surface area (Å²) < 4.78 is 45.0. The van der Waals surface area contributed by atoms with E-state index in [1.807, 2.05) is 30.5 Å². The van der Waals surface area contributed by atoms with Gasteiger partial charge in [0.15, 0.2) is 0 Å². The summed E-state index contributed by atoms with van der Waals surface area (Å²) in [5.74, 6) is 0.418. The molecule has 1 saturated heterocycles. The Labute approximate surface area is 215 Å². The number of hydrogen-bond acceptors (Lipinski definition) is 4. The normalized spacial score (nSPS) is 16.3. The molecule has 0 saturated carbocycles. The van der Waals surface area contributed by atoms with Crippen LogP contribution < -0.4 is 4.74 Å². The average Bonchev–Trinajstić information content (AvgIpc) is 2.87. The summed E-state index contributed by atoms with van der Waals surface area (Å²) in [7, 11) is 2.13. The molecule has 0 radical (unpaired) electrons. The number of alkyl halides is 3. The van der Waals surface area contributed by atoms with E-state index in [1.54, 1.807) is 6.07 Å². The highest BCUT2D eigenvalue weighted by molar-refractivity contribution is 6.30. The van der Waals surface area contributed by atoms with Crippen LogP contribution in [-0.4, -0.2) is 54.6 Å². The molecule has 192 valence electrons. The fourth-order valence-corrected chi connectivity index (χ4v) is 4.98. The second-order valence-electron chi connectivity index (χ2n) is 9.28. The zero-order chi connectivity index (χ0) is 25.5. The van der Waals surface area contributed by atoms with Gasteiger partial charge in [-0.15, -0.1) is 0 Å². The molecule has 4 rings (SSSR count). The molecule has 36 heavy (non-hydrogen) atoms. The molecule has 1 atom stereocenters. The van der Waals surface area contributed by atoms with E-state index in [0.717, 1.165) is 49.8 Å². The van der Waals surface area contributed by atoms with Crippen LogP contribution in [0.15, 0.2) is 72.9 Å². The van der Waals surface area contributed by atoms with Crippen LogP contribution >= 0.6 is 11.6 Å². The van der Waals surface area contributed by atoms with Crippen LogP contribution in [0.4, 0.5) is 13.2 Å². The Hall–Kier alpha value is -2.61. The minimum atomic E-state index is -4.42. The Bertz CT molecular complexity index is 1090. The van der Waals surface area contributed by atoms with E-state index in [9.17, 15) is 13.2 Å². The molecule has 0 amide bonds. The van der Waals surface area contributed by atoms with E-state index in [4.69, 9.17) is 16.3 Å². The Morgan fingerprint density at radius 1 is 1.03 bits per heavy atom. The van der Waals surface area contributed by atoms with Crippen LogP contribution in [0.2, 0.25) is 5.02 Å². The number of piperidine rings is 1. The van der Waals surface area contributed by atoms with Gasteiger partial charge in [0.25, 0.3) is 0 Å². The first-order valence-electron chi connectivity index (χ1n) is 12.2. The van der Waals surface area contributed by atoms with Gasteiger partial charge in [-0.05, 0) is 80.9 Å². The Kier molecular flexibility index (Phi) is 8.88. The molecule has 2 heterocycles. The molecule has 3 aromatic rings. The van der Waals surface area contributed by atoms with Crippen molar-refractivity contribution < 1.29 is 17.9 Å². The predicted molar refractivity (Wildman–Crippen MR) is 136 cm³/mol. The number of benzene rings is 2. The van der Waals surface area contributed by atoms with Crippen LogP contribution in [0, 0.1) is 5.92 Å². The number of ether oxygens (including phenoxy) is 1. The molecule has 1 aliphatic heterocycles. The molecule has 0 aliphatic carbocycles. The number of rotatable bonds is 9. The predicted octanol–water partition coefficient (Wildman–Crippen LogP) is 6.57. The van der Waals surface area contributed by atoms with Crippen molar-refractivity contribution in [2.45, 2.75) is 25.1 Å². The quantitative estimate of drug-likeness (QED) is 0.321. The van der Waals surface area contributed by atoms with E-state index in [2.05, 4.69) is 40.0 Å². The van der Waals surface area contributed by atoms with Gasteiger partial charge in [-0.25, -0.2) is 0 Å². The summed E-state index contributed by atoms with van der Waals surface area (Å²) in [6, 6.07) is 19.3. The number of aromatic nitrogens is 1. The lowest BCUT2D eigenvalue weighted by atomic mass is 9.94. The summed E-state index contributed by atoms with van der Waals surface area (Å²) >= 11 is 6.12. The average molecular weight is 518 g/mol. The molecule has 0 N–H and O–H groups in total. The summed E-state index contributed by atoms with van der Waals surface area (Å²) in [6.45, 7) is 3.56. The molecule has 0 spiro atoms. The first-order chi connectivity index (χ1) is 17.3. The van der Waals surface area contributed by atoms with Gasteiger partial charge in [0.2, 0.25) is 0 Å². The van der Waals surface area contributed by atoms with Crippen molar-refractivity contribution in [1.82, 2.24) is 14.8 Å². The lowest BCUT2D eigenvalue weighted by Crippen LogP contribution is -2.40. The van der Waals surface area contributed by atoms with Crippen LogP contribution in [0.3, 0.4) is 0 Å². The molecule has 4 nitrogen and oxygen atoms in total. The molecule has 1 fully saturated rings. The third-order valence-electron chi connectivity index (χ3n) is 6.71. The topological polar surface area (TPSA) is 28.6 Å². The zero-order valence-corrected chi connectivity index (χ0v) is 21.1. The van der Waals surface area contributed by atoms with Crippen molar-refractivity contribution in [3.05, 3.63) is 94.8 Å². The van der Waals surface area contributed by atoms with Gasteiger partial charge in [0, 0.05) is 24.3 Å². The van der Waals surface area contributed by atoms with E-state index in [-0.39, 0.29) is 18.4 Å². The third kappa shape index (κ3) is 6.99. The minimum Gasteiger partial charge on any atom is -0.492 e. The van der Waals surface area contributed by atoms with Gasteiger partial charge in [-0.1, -0.05) is 41.9 Å². The van der Waals surface area contributed by atoms with Crippen LogP contribution in [0.25, 0.3) is 0 Å². The standard InChI is InChI=1S/C28H31ClF3N3O/c1-34(27(25-7-4-5-15-33-25)22-9-11-23(29)12-10-22)20-21-13-16-35(17-14-21)18-19-36-26-8-3-2-6-24(26)28(30,31)32/h2-12,15,21,27H,13-14,16-20H2,1H3/t27-/m0/s1. The number of pyridine rings is 1. The Morgan fingerprint density at radius 3 is 2.39 bits per heavy atom. The highest BCUT2D eigenvalue weighted by Crippen LogP contribution is 2.36. The highest BCUT2D eigenvalue weighted by Gasteiger charge is 2.34. The van der Waals surface area contributed by atoms with Crippen molar-refractivity contribution in [3.63, 3.8) is 0 Å². The maximum absolute atomic E-state index is 13.2. The lowest BCUT2D eigenvalue weighted by Gasteiger charge is -2.36. The van der Waals surface area contributed by atoms with Gasteiger partial charge < -0.3 is 4.74 Å². The fourth-order valence-electron chi connectivity index (χ4n) is 4.85. The highest BCUT2D eigenvalue weighted by atomic mass is 35.5. The third-order valence-corrected chi connectivity index (χ3v) is 6.96. The lowest BCUT2D eigenvalue weighted by molar-refractivity contribution is -0.139. The van der Waals surface area contributed by atoms with Crippen molar-refractivity contribution in [2.75, 3.05) is 39.8 Å². The maximum atomic E-state index is 13.2. The molecule has 8 heteroatoms. The number of halogens is 4. The van der Waals surface area contributed by atoms with E-state index >= 15 is 0 Å². The molecular formula is C28H31ClF3N3O. The van der Waals surface area contributed by atoms with Gasteiger partial charge in [-0.3, -0.25) is 14.8 Å². The van der Waals surface area contributed by atoms with Crippen molar-refractivity contribution >= 4 is 11.6 Å². The number of nitrogens with zero attached hydrogens (tertiary/aromatic N) is 3. The fraction of sp³-hybridized carbons (Fsp3) is 0.393.